The number of rotatable bonds is 8. The van der Waals surface area contributed by atoms with Crippen LogP contribution in [0.15, 0.2) is 30.3 Å². The summed E-state index contributed by atoms with van der Waals surface area (Å²) in [6.45, 7) is 2.25. The molecule has 126 valence electrons. The van der Waals surface area contributed by atoms with E-state index in [1.807, 2.05) is 30.3 Å². The van der Waals surface area contributed by atoms with Gasteiger partial charge in [0, 0.05) is 25.7 Å². The molecule has 2 atom stereocenters. The minimum atomic E-state index is -0.553. The lowest BCUT2D eigenvalue weighted by Gasteiger charge is -2.25. The molecule has 2 aliphatic rings. The van der Waals surface area contributed by atoms with Crippen LogP contribution < -0.4 is 5.32 Å². The molecule has 0 radical (unpaired) electrons. The molecule has 2 fully saturated rings. The number of hydrogen-bond donors (Lipinski definition) is 2. The van der Waals surface area contributed by atoms with Gasteiger partial charge in [0.15, 0.2) is 0 Å². The van der Waals surface area contributed by atoms with E-state index in [0.717, 1.165) is 37.9 Å². The predicted octanol–water partition coefficient (Wildman–Crippen LogP) is 1.48. The zero-order valence-electron chi connectivity index (χ0n) is 13.5. The molecule has 1 aromatic rings. The van der Waals surface area contributed by atoms with Crippen molar-refractivity contribution in [3.63, 3.8) is 0 Å². The van der Waals surface area contributed by atoms with Crippen molar-refractivity contribution in [1.29, 1.82) is 0 Å². The van der Waals surface area contributed by atoms with Crippen LogP contribution in [-0.2, 0) is 9.53 Å². The summed E-state index contributed by atoms with van der Waals surface area (Å²) in [6, 6.07) is 10.1. The zero-order chi connectivity index (χ0) is 16.1. The maximum atomic E-state index is 12.2. The Labute approximate surface area is 137 Å². The summed E-state index contributed by atoms with van der Waals surface area (Å²) in [5.74, 6) is 0.0210. The SMILES string of the molecule is O=C(CN(C[C@H](O)c1ccccc1)C1CC1)NC[C@@H]1CCCO1. The first-order chi connectivity index (χ1) is 11.2. The lowest BCUT2D eigenvalue weighted by Crippen LogP contribution is -2.42. The summed E-state index contributed by atoms with van der Waals surface area (Å²) < 4.78 is 5.52. The van der Waals surface area contributed by atoms with Gasteiger partial charge in [-0.15, -0.1) is 0 Å². The number of benzene rings is 1. The topological polar surface area (TPSA) is 61.8 Å². The Bertz CT molecular complexity index is 498. The van der Waals surface area contributed by atoms with Crippen LogP contribution in [0.5, 0.6) is 0 Å². The van der Waals surface area contributed by atoms with E-state index in [1.165, 1.54) is 0 Å². The quantitative estimate of drug-likeness (QED) is 0.762. The van der Waals surface area contributed by atoms with Crippen molar-refractivity contribution >= 4 is 5.91 Å². The molecule has 2 N–H and O–H groups in total. The van der Waals surface area contributed by atoms with Crippen LogP contribution in [0.3, 0.4) is 0 Å². The fourth-order valence-electron chi connectivity index (χ4n) is 3.06. The third-order valence-electron chi connectivity index (χ3n) is 4.55. The van der Waals surface area contributed by atoms with Gasteiger partial charge in [0.1, 0.15) is 0 Å². The van der Waals surface area contributed by atoms with E-state index < -0.39 is 6.10 Å². The molecule has 1 saturated carbocycles. The molecule has 3 rings (SSSR count). The van der Waals surface area contributed by atoms with Crippen molar-refractivity contribution in [1.82, 2.24) is 10.2 Å². The normalized spacial score (nSPS) is 22.3. The highest BCUT2D eigenvalue weighted by Crippen LogP contribution is 2.28. The molecule has 0 unspecified atom stereocenters. The van der Waals surface area contributed by atoms with Crippen molar-refractivity contribution in [3.8, 4) is 0 Å². The molecular formula is C18H26N2O3. The third-order valence-corrected chi connectivity index (χ3v) is 4.55. The Morgan fingerprint density at radius 2 is 2.09 bits per heavy atom. The monoisotopic (exact) mass is 318 g/mol. The third kappa shape index (κ3) is 5.03. The van der Waals surface area contributed by atoms with E-state index in [4.69, 9.17) is 4.74 Å². The van der Waals surface area contributed by atoms with Gasteiger partial charge in [-0.25, -0.2) is 0 Å². The van der Waals surface area contributed by atoms with Crippen LogP contribution >= 0.6 is 0 Å². The van der Waals surface area contributed by atoms with Gasteiger partial charge in [0.25, 0.3) is 0 Å². The van der Waals surface area contributed by atoms with Gasteiger partial charge in [0.05, 0.1) is 18.8 Å². The molecule has 5 heteroatoms. The minimum Gasteiger partial charge on any atom is -0.387 e. The van der Waals surface area contributed by atoms with Gasteiger partial charge < -0.3 is 15.2 Å². The van der Waals surface area contributed by atoms with E-state index in [1.54, 1.807) is 0 Å². The first kappa shape index (κ1) is 16.4. The average molecular weight is 318 g/mol. The van der Waals surface area contributed by atoms with Gasteiger partial charge in [-0.05, 0) is 31.2 Å². The Balaban J connectivity index is 1.47. The number of amides is 1. The molecule has 0 aromatic heterocycles. The second kappa shape index (κ2) is 7.90. The second-order valence-corrected chi connectivity index (χ2v) is 6.53. The standard InChI is InChI=1S/C18H26N2O3/c21-17(14-5-2-1-3-6-14)12-20(15-8-9-15)13-18(22)19-11-16-7-4-10-23-16/h1-3,5-6,15-17,21H,4,7-13H2,(H,19,22)/t16-,17-/m0/s1. The maximum absolute atomic E-state index is 12.2. The van der Waals surface area contributed by atoms with E-state index in [0.29, 0.717) is 25.7 Å². The van der Waals surface area contributed by atoms with Gasteiger partial charge in [0.2, 0.25) is 5.91 Å². The number of carbonyl (C=O) groups excluding carboxylic acids is 1. The van der Waals surface area contributed by atoms with E-state index >= 15 is 0 Å². The Hall–Kier alpha value is -1.43. The van der Waals surface area contributed by atoms with Crippen LogP contribution in [0.1, 0.15) is 37.4 Å². The lowest BCUT2D eigenvalue weighted by atomic mass is 10.1. The Morgan fingerprint density at radius 1 is 1.30 bits per heavy atom. The molecule has 1 aromatic carbocycles. The van der Waals surface area contributed by atoms with Crippen molar-refractivity contribution in [2.24, 2.45) is 0 Å². The summed E-state index contributed by atoms with van der Waals surface area (Å²) in [5, 5.41) is 13.4. The highest BCUT2D eigenvalue weighted by Gasteiger charge is 2.32. The summed E-state index contributed by atoms with van der Waals surface area (Å²) in [5.41, 5.74) is 0.901. The van der Waals surface area contributed by atoms with Crippen molar-refractivity contribution in [2.75, 3.05) is 26.2 Å². The number of ether oxygens (including phenoxy) is 1. The summed E-state index contributed by atoms with van der Waals surface area (Å²) >= 11 is 0. The molecule has 23 heavy (non-hydrogen) atoms. The predicted molar refractivity (Wildman–Crippen MR) is 88.0 cm³/mol. The average Bonchev–Trinajstić information content (AvgIpc) is 3.29. The Morgan fingerprint density at radius 3 is 2.74 bits per heavy atom. The van der Waals surface area contributed by atoms with Crippen molar-refractivity contribution < 1.29 is 14.6 Å². The van der Waals surface area contributed by atoms with Gasteiger partial charge in [-0.2, -0.15) is 0 Å². The van der Waals surface area contributed by atoms with Crippen molar-refractivity contribution in [3.05, 3.63) is 35.9 Å². The van der Waals surface area contributed by atoms with Gasteiger partial charge in [-0.1, -0.05) is 30.3 Å². The minimum absolute atomic E-state index is 0.0210. The van der Waals surface area contributed by atoms with E-state index in [2.05, 4.69) is 10.2 Å². The maximum Gasteiger partial charge on any atom is 0.234 e. The highest BCUT2D eigenvalue weighted by molar-refractivity contribution is 5.78. The summed E-state index contributed by atoms with van der Waals surface area (Å²) in [6.07, 6.45) is 3.95. The molecule has 5 nitrogen and oxygen atoms in total. The van der Waals surface area contributed by atoms with E-state index in [-0.39, 0.29) is 12.0 Å². The number of nitrogens with one attached hydrogen (secondary N) is 1. The zero-order valence-corrected chi connectivity index (χ0v) is 13.5. The first-order valence-electron chi connectivity index (χ1n) is 8.58. The van der Waals surface area contributed by atoms with Crippen LogP contribution in [0.2, 0.25) is 0 Å². The van der Waals surface area contributed by atoms with Crippen LogP contribution in [0.25, 0.3) is 0 Å². The number of nitrogens with zero attached hydrogens (tertiary/aromatic N) is 1. The Kier molecular flexibility index (Phi) is 5.65. The van der Waals surface area contributed by atoms with Crippen LogP contribution in [-0.4, -0.2) is 54.3 Å². The first-order valence-corrected chi connectivity index (χ1v) is 8.58. The fraction of sp³-hybridized carbons (Fsp3) is 0.611. The number of hydrogen-bond acceptors (Lipinski definition) is 4. The molecular weight excluding hydrogens is 292 g/mol. The largest absolute Gasteiger partial charge is 0.387 e. The van der Waals surface area contributed by atoms with Crippen molar-refractivity contribution in [2.45, 2.75) is 43.9 Å². The molecule has 1 aliphatic heterocycles. The second-order valence-electron chi connectivity index (χ2n) is 6.53. The molecule has 1 amide bonds. The van der Waals surface area contributed by atoms with Crippen LogP contribution in [0, 0.1) is 0 Å². The van der Waals surface area contributed by atoms with Gasteiger partial charge in [-0.3, -0.25) is 9.69 Å². The molecule has 1 saturated heterocycles. The summed E-state index contributed by atoms with van der Waals surface area (Å²) in [7, 11) is 0. The van der Waals surface area contributed by atoms with E-state index in [9.17, 15) is 9.90 Å². The number of carbonyl (C=O) groups is 1. The van der Waals surface area contributed by atoms with Crippen LogP contribution in [0.4, 0.5) is 0 Å². The highest BCUT2D eigenvalue weighted by atomic mass is 16.5. The van der Waals surface area contributed by atoms with Gasteiger partial charge >= 0.3 is 0 Å². The smallest absolute Gasteiger partial charge is 0.234 e. The molecule has 1 aliphatic carbocycles. The molecule has 1 heterocycles. The summed E-state index contributed by atoms with van der Waals surface area (Å²) in [4.78, 5) is 14.3. The number of aliphatic hydroxyl groups excluding tert-OH is 1. The molecule has 0 spiro atoms. The fourth-order valence-corrected chi connectivity index (χ4v) is 3.06. The number of aliphatic hydroxyl groups is 1. The lowest BCUT2D eigenvalue weighted by molar-refractivity contribution is -0.123. The molecule has 0 bridgehead atoms.